The first kappa shape index (κ1) is 21.8. The van der Waals surface area contributed by atoms with Gasteiger partial charge < -0.3 is 19.2 Å². The molecule has 30 heavy (non-hydrogen) atoms. The van der Waals surface area contributed by atoms with E-state index >= 15 is 0 Å². The highest BCUT2D eigenvalue weighted by Gasteiger charge is 2.26. The van der Waals surface area contributed by atoms with Crippen LogP contribution in [0.2, 0.25) is 0 Å². The molecule has 8 nitrogen and oxygen atoms in total. The van der Waals surface area contributed by atoms with E-state index in [0.29, 0.717) is 21.5 Å². The van der Waals surface area contributed by atoms with Crippen molar-refractivity contribution in [2.75, 3.05) is 7.11 Å². The number of nitrogens with zero attached hydrogens (tertiary/aromatic N) is 2. The number of ether oxygens (including phenoxy) is 2. The molecule has 0 radical (unpaired) electrons. The van der Waals surface area contributed by atoms with Gasteiger partial charge in [0.25, 0.3) is 0 Å². The normalized spacial score (nSPS) is 12.4. The van der Waals surface area contributed by atoms with Crippen molar-refractivity contribution in [3.63, 3.8) is 0 Å². The number of amides is 1. The van der Waals surface area contributed by atoms with E-state index in [9.17, 15) is 9.59 Å². The predicted octanol–water partition coefficient (Wildman–Crippen LogP) is 4.26. The Morgan fingerprint density at radius 3 is 2.57 bits per heavy atom. The Labute approximate surface area is 182 Å². The highest BCUT2D eigenvalue weighted by molar-refractivity contribution is 9.10. The molecule has 1 N–H and O–H groups in total. The zero-order chi connectivity index (χ0) is 21.9. The number of fused-ring (bicyclic) bond motifs is 1. The molecule has 0 aliphatic rings. The van der Waals surface area contributed by atoms with Crippen LogP contribution in [0.25, 0.3) is 22.6 Å². The second kappa shape index (κ2) is 8.83. The molecule has 1 amide bonds. The smallest absolute Gasteiger partial charge is 0.408 e. The fraction of sp³-hybridized carbons (Fsp3) is 0.333. The van der Waals surface area contributed by atoms with Crippen molar-refractivity contribution >= 4 is 39.1 Å². The molecule has 0 aliphatic heterocycles. The summed E-state index contributed by atoms with van der Waals surface area (Å²) < 4.78 is 16.6. The summed E-state index contributed by atoms with van der Waals surface area (Å²) >= 11 is 3.49. The SMILES string of the molecule is COC(=O)C(Cc1cc(Br)c2oc(-c3ccncc3)nc2c1)NC(=O)OC(C)(C)C. The average Bonchev–Trinajstić information content (AvgIpc) is 3.11. The van der Waals surface area contributed by atoms with Gasteiger partial charge in [0.15, 0.2) is 5.58 Å². The van der Waals surface area contributed by atoms with Gasteiger partial charge in [-0.1, -0.05) is 0 Å². The molecule has 9 heteroatoms. The fourth-order valence-corrected chi connectivity index (χ4v) is 3.38. The number of pyridine rings is 1. The number of alkyl carbamates (subject to hydrolysis) is 1. The molecule has 0 saturated heterocycles. The first-order valence-electron chi connectivity index (χ1n) is 9.23. The van der Waals surface area contributed by atoms with E-state index in [-0.39, 0.29) is 6.42 Å². The van der Waals surface area contributed by atoms with Gasteiger partial charge in [-0.2, -0.15) is 0 Å². The monoisotopic (exact) mass is 475 g/mol. The van der Waals surface area contributed by atoms with Crippen molar-refractivity contribution < 1.29 is 23.5 Å². The summed E-state index contributed by atoms with van der Waals surface area (Å²) in [7, 11) is 1.27. The highest BCUT2D eigenvalue weighted by Crippen LogP contribution is 2.31. The molecule has 1 unspecified atom stereocenters. The number of carbonyl (C=O) groups is 2. The van der Waals surface area contributed by atoms with Crippen LogP contribution in [0.1, 0.15) is 26.3 Å². The highest BCUT2D eigenvalue weighted by atomic mass is 79.9. The Morgan fingerprint density at radius 1 is 1.23 bits per heavy atom. The summed E-state index contributed by atoms with van der Waals surface area (Å²) in [6, 6.07) is 6.31. The summed E-state index contributed by atoms with van der Waals surface area (Å²) in [5.74, 6) is -0.114. The molecule has 3 aromatic rings. The largest absolute Gasteiger partial charge is 0.467 e. The lowest BCUT2D eigenvalue weighted by atomic mass is 10.1. The van der Waals surface area contributed by atoms with Crippen LogP contribution >= 0.6 is 15.9 Å². The number of methoxy groups -OCH3 is 1. The van der Waals surface area contributed by atoms with Crippen molar-refractivity contribution in [2.45, 2.75) is 38.8 Å². The number of halogens is 1. The standard InChI is InChI=1S/C21H22BrN3O5/c1-21(2,3)30-20(27)25-16(19(26)28-4)11-12-9-14(22)17-15(10-12)24-18(29-17)13-5-7-23-8-6-13/h5-10,16H,11H2,1-4H3,(H,25,27). The van der Waals surface area contributed by atoms with E-state index in [1.54, 1.807) is 51.4 Å². The molecular formula is C21H22BrN3O5. The van der Waals surface area contributed by atoms with Gasteiger partial charge in [0, 0.05) is 24.4 Å². The van der Waals surface area contributed by atoms with E-state index in [2.05, 4.69) is 31.2 Å². The zero-order valence-corrected chi connectivity index (χ0v) is 18.6. The second-order valence-corrected chi connectivity index (χ2v) is 8.46. The van der Waals surface area contributed by atoms with Crippen LogP contribution in [0.4, 0.5) is 4.79 Å². The van der Waals surface area contributed by atoms with Crippen LogP contribution in [0.3, 0.4) is 0 Å². The third kappa shape index (κ3) is 5.35. The van der Waals surface area contributed by atoms with Gasteiger partial charge in [0.2, 0.25) is 5.89 Å². The molecule has 0 fully saturated rings. The quantitative estimate of drug-likeness (QED) is 0.549. The van der Waals surface area contributed by atoms with E-state index in [4.69, 9.17) is 13.9 Å². The van der Waals surface area contributed by atoms with Crippen LogP contribution in [-0.2, 0) is 20.7 Å². The lowest BCUT2D eigenvalue weighted by Crippen LogP contribution is -2.45. The van der Waals surface area contributed by atoms with Crippen molar-refractivity contribution in [3.8, 4) is 11.5 Å². The van der Waals surface area contributed by atoms with Gasteiger partial charge in [-0.15, -0.1) is 0 Å². The number of rotatable bonds is 5. The van der Waals surface area contributed by atoms with E-state index in [1.165, 1.54) is 7.11 Å². The second-order valence-electron chi connectivity index (χ2n) is 7.61. The van der Waals surface area contributed by atoms with Crippen molar-refractivity contribution in [3.05, 3.63) is 46.7 Å². The lowest BCUT2D eigenvalue weighted by Gasteiger charge is -2.22. The maximum Gasteiger partial charge on any atom is 0.408 e. The van der Waals surface area contributed by atoms with Crippen molar-refractivity contribution in [1.82, 2.24) is 15.3 Å². The van der Waals surface area contributed by atoms with Gasteiger partial charge >= 0.3 is 12.1 Å². The number of hydrogen-bond acceptors (Lipinski definition) is 7. The van der Waals surface area contributed by atoms with Crippen LogP contribution < -0.4 is 5.32 Å². The molecular weight excluding hydrogens is 454 g/mol. The van der Waals surface area contributed by atoms with E-state index in [0.717, 1.165) is 11.1 Å². The molecule has 1 atom stereocenters. The maximum absolute atomic E-state index is 12.2. The topological polar surface area (TPSA) is 104 Å². The first-order chi connectivity index (χ1) is 14.2. The van der Waals surface area contributed by atoms with Crippen LogP contribution in [0.15, 0.2) is 45.5 Å². The third-order valence-corrected chi connectivity index (χ3v) is 4.64. The zero-order valence-electron chi connectivity index (χ0n) is 17.1. The minimum atomic E-state index is -0.916. The Hall–Kier alpha value is -2.94. The number of aromatic nitrogens is 2. The van der Waals surface area contributed by atoms with Crippen molar-refractivity contribution in [2.24, 2.45) is 0 Å². The number of carbonyl (C=O) groups excluding carboxylic acids is 2. The summed E-state index contributed by atoms with van der Waals surface area (Å²) in [6.45, 7) is 5.24. The maximum atomic E-state index is 12.2. The molecule has 3 rings (SSSR count). The number of esters is 1. The van der Waals surface area contributed by atoms with Gasteiger partial charge in [-0.25, -0.2) is 14.6 Å². The Bertz CT molecular complexity index is 1060. The predicted molar refractivity (Wildman–Crippen MR) is 114 cm³/mol. The third-order valence-electron chi connectivity index (χ3n) is 4.05. The average molecular weight is 476 g/mol. The Morgan fingerprint density at radius 2 is 1.93 bits per heavy atom. The minimum absolute atomic E-state index is 0.192. The molecule has 158 valence electrons. The Balaban J connectivity index is 1.86. The number of hydrogen-bond donors (Lipinski definition) is 1. The number of oxazole rings is 1. The molecule has 0 bridgehead atoms. The van der Waals surface area contributed by atoms with Crippen LogP contribution in [0, 0.1) is 0 Å². The summed E-state index contributed by atoms with van der Waals surface area (Å²) in [5, 5.41) is 2.57. The van der Waals surface area contributed by atoms with Gasteiger partial charge in [-0.05, 0) is 66.5 Å². The van der Waals surface area contributed by atoms with E-state index < -0.39 is 23.7 Å². The number of benzene rings is 1. The van der Waals surface area contributed by atoms with Gasteiger partial charge in [0.1, 0.15) is 17.2 Å². The summed E-state index contributed by atoms with van der Waals surface area (Å²) in [6.07, 6.45) is 2.82. The van der Waals surface area contributed by atoms with Crippen LogP contribution in [0.5, 0.6) is 0 Å². The number of nitrogens with one attached hydrogen (secondary N) is 1. The summed E-state index contributed by atoms with van der Waals surface area (Å²) in [5.41, 5.74) is 2.08. The minimum Gasteiger partial charge on any atom is -0.467 e. The molecule has 1 aromatic carbocycles. The first-order valence-corrected chi connectivity index (χ1v) is 10.0. The summed E-state index contributed by atoms with van der Waals surface area (Å²) in [4.78, 5) is 32.9. The van der Waals surface area contributed by atoms with Gasteiger partial charge in [0.05, 0.1) is 11.6 Å². The fourth-order valence-electron chi connectivity index (χ4n) is 2.80. The van der Waals surface area contributed by atoms with Gasteiger partial charge in [-0.3, -0.25) is 4.98 Å². The molecule has 2 aromatic heterocycles. The molecule has 2 heterocycles. The molecule has 0 aliphatic carbocycles. The van der Waals surface area contributed by atoms with E-state index in [1.807, 2.05) is 6.07 Å². The van der Waals surface area contributed by atoms with Crippen molar-refractivity contribution in [1.29, 1.82) is 0 Å². The lowest BCUT2D eigenvalue weighted by molar-refractivity contribution is -0.143. The molecule has 0 spiro atoms. The molecule has 0 saturated carbocycles. The Kier molecular flexibility index (Phi) is 6.40. The van der Waals surface area contributed by atoms with Crippen LogP contribution in [-0.4, -0.2) is 40.8 Å².